The molecule has 0 spiro atoms. The number of rotatable bonds is 5. The summed E-state index contributed by atoms with van der Waals surface area (Å²) in [5, 5.41) is 0. The van der Waals surface area contributed by atoms with Gasteiger partial charge in [-0.2, -0.15) is 0 Å². The first kappa shape index (κ1) is 13.5. The van der Waals surface area contributed by atoms with Crippen LogP contribution in [0.5, 0.6) is 0 Å². The van der Waals surface area contributed by atoms with Gasteiger partial charge in [0.25, 0.3) is 0 Å². The summed E-state index contributed by atoms with van der Waals surface area (Å²) in [5.74, 6) is 1.52. The first-order chi connectivity index (χ1) is 9.24. The maximum Gasteiger partial charge on any atom is 0.144 e. The molecule has 0 amide bonds. The van der Waals surface area contributed by atoms with Crippen molar-refractivity contribution in [1.29, 1.82) is 0 Å². The number of nitrogens with zero attached hydrogens (tertiary/aromatic N) is 3. The van der Waals surface area contributed by atoms with E-state index in [0.717, 1.165) is 17.9 Å². The van der Waals surface area contributed by atoms with Crippen LogP contribution in [-0.2, 0) is 13.0 Å². The van der Waals surface area contributed by atoms with Crippen molar-refractivity contribution in [3.8, 4) is 0 Å². The first-order valence-corrected chi connectivity index (χ1v) is 6.59. The van der Waals surface area contributed by atoms with Crippen LogP contribution in [0, 0.1) is 0 Å². The summed E-state index contributed by atoms with van der Waals surface area (Å²) in [6.45, 7) is 2.55. The Labute approximate surface area is 114 Å². The molecule has 0 saturated carbocycles. The molecule has 1 aromatic carbocycles. The van der Waals surface area contributed by atoms with E-state index in [-0.39, 0.29) is 0 Å². The van der Waals surface area contributed by atoms with E-state index < -0.39 is 0 Å². The van der Waals surface area contributed by atoms with Crippen molar-refractivity contribution in [2.24, 2.45) is 5.73 Å². The molecule has 0 aliphatic rings. The summed E-state index contributed by atoms with van der Waals surface area (Å²) in [5.41, 5.74) is 8.05. The van der Waals surface area contributed by atoms with Crippen LogP contribution >= 0.6 is 0 Å². The Morgan fingerprint density at radius 3 is 2.53 bits per heavy atom. The highest BCUT2D eigenvalue weighted by atomic mass is 15.2. The van der Waals surface area contributed by atoms with Crippen molar-refractivity contribution in [2.45, 2.75) is 26.3 Å². The Hall–Kier alpha value is -1.94. The van der Waals surface area contributed by atoms with E-state index in [1.165, 1.54) is 12.0 Å². The Morgan fingerprint density at radius 1 is 1.16 bits per heavy atom. The lowest BCUT2D eigenvalue weighted by molar-refractivity contribution is 0.898. The van der Waals surface area contributed by atoms with E-state index >= 15 is 0 Å². The van der Waals surface area contributed by atoms with Crippen LogP contribution in [0.4, 0.5) is 11.5 Å². The van der Waals surface area contributed by atoms with Gasteiger partial charge in [-0.25, -0.2) is 9.97 Å². The quantitative estimate of drug-likeness (QED) is 0.893. The van der Waals surface area contributed by atoms with E-state index in [0.29, 0.717) is 12.4 Å². The van der Waals surface area contributed by atoms with Gasteiger partial charge in [0.05, 0.1) is 6.54 Å². The van der Waals surface area contributed by atoms with Crippen LogP contribution in [0.2, 0.25) is 0 Å². The minimum atomic E-state index is 0.358. The largest absolute Gasteiger partial charge is 0.329 e. The molecule has 1 aromatic heterocycles. The molecule has 0 saturated heterocycles. The van der Waals surface area contributed by atoms with E-state index in [2.05, 4.69) is 41.2 Å². The lowest BCUT2D eigenvalue weighted by Gasteiger charge is -2.18. The third-order valence-electron chi connectivity index (χ3n) is 3.08. The van der Waals surface area contributed by atoms with Crippen molar-refractivity contribution in [2.75, 3.05) is 11.9 Å². The van der Waals surface area contributed by atoms with E-state index in [4.69, 9.17) is 5.73 Å². The van der Waals surface area contributed by atoms with E-state index in [9.17, 15) is 0 Å². The van der Waals surface area contributed by atoms with Gasteiger partial charge in [-0.15, -0.1) is 0 Å². The minimum Gasteiger partial charge on any atom is -0.329 e. The lowest BCUT2D eigenvalue weighted by Crippen LogP contribution is -2.13. The zero-order valence-corrected chi connectivity index (χ0v) is 11.5. The average Bonchev–Trinajstić information content (AvgIpc) is 2.48. The average molecular weight is 256 g/mol. The van der Waals surface area contributed by atoms with E-state index in [1.54, 1.807) is 6.20 Å². The van der Waals surface area contributed by atoms with Crippen molar-refractivity contribution in [3.05, 3.63) is 47.9 Å². The Balaban J connectivity index is 2.20. The van der Waals surface area contributed by atoms with Crippen molar-refractivity contribution in [3.63, 3.8) is 0 Å². The number of hydrogen-bond donors (Lipinski definition) is 1. The number of aromatic nitrogens is 2. The van der Waals surface area contributed by atoms with Crippen LogP contribution < -0.4 is 10.6 Å². The number of hydrogen-bond acceptors (Lipinski definition) is 4. The molecule has 1 heterocycles. The predicted molar refractivity (Wildman–Crippen MR) is 78.4 cm³/mol. The summed E-state index contributed by atoms with van der Waals surface area (Å²) >= 11 is 0. The van der Waals surface area contributed by atoms with Crippen molar-refractivity contribution in [1.82, 2.24) is 9.97 Å². The van der Waals surface area contributed by atoms with Gasteiger partial charge >= 0.3 is 0 Å². The Kier molecular flexibility index (Phi) is 4.47. The second-order valence-electron chi connectivity index (χ2n) is 4.51. The molecule has 0 atom stereocenters. The standard InChI is InChI=1S/C15H20N4/c1-3-4-12-5-7-13(8-6-12)19(2)15-9-10-17-14(11-16)18-15/h5-10H,3-4,11,16H2,1-2H3. The number of benzene rings is 1. The number of anilines is 2. The van der Waals surface area contributed by atoms with Crippen LogP contribution in [-0.4, -0.2) is 17.0 Å². The molecule has 0 aliphatic carbocycles. The molecule has 0 bridgehead atoms. The molecular formula is C15H20N4. The smallest absolute Gasteiger partial charge is 0.144 e. The third-order valence-corrected chi connectivity index (χ3v) is 3.08. The van der Waals surface area contributed by atoms with Crippen LogP contribution in [0.15, 0.2) is 36.5 Å². The Morgan fingerprint density at radius 2 is 1.89 bits per heavy atom. The molecule has 100 valence electrons. The molecule has 2 N–H and O–H groups in total. The van der Waals surface area contributed by atoms with Gasteiger partial charge < -0.3 is 10.6 Å². The maximum absolute atomic E-state index is 5.57. The van der Waals surface area contributed by atoms with Gasteiger partial charge in [-0.3, -0.25) is 0 Å². The third kappa shape index (κ3) is 3.29. The predicted octanol–water partition coefficient (Wildman–Crippen LogP) is 2.66. The molecule has 0 unspecified atom stereocenters. The van der Waals surface area contributed by atoms with Crippen LogP contribution in [0.25, 0.3) is 0 Å². The SMILES string of the molecule is CCCc1ccc(N(C)c2ccnc(CN)n2)cc1. The van der Waals surface area contributed by atoms with Crippen LogP contribution in [0.3, 0.4) is 0 Å². The summed E-state index contributed by atoms with van der Waals surface area (Å²) in [6, 6.07) is 10.5. The fourth-order valence-electron chi connectivity index (χ4n) is 1.98. The molecule has 0 radical (unpaired) electrons. The molecular weight excluding hydrogens is 236 g/mol. The van der Waals surface area contributed by atoms with Gasteiger partial charge in [-0.05, 0) is 30.2 Å². The fourth-order valence-corrected chi connectivity index (χ4v) is 1.98. The maximum atomic E-state index is 5.57. The number of aryl methyl sites for hydroxylation is 1. The molecule has 2 rings (SSSR count). The molecule has 4 nitrogen and oxygen atoms in total. The minimum absolute atomic E-state index is 0.358. The lowest BCUT2D eigenvalue weighted by atomic mass is 10.1. The summed E-state index contributed by atoms with van der Waals surface area (Å²) in [4.78, 5) is 10.6. The second-order valence-corrected chi connectivity index (χ2v) is 4.51. The van der Waals surface area contributed by atoms with Gasteiger partial charge in [0.2, 0.25) is 0 Å². The fraction of sp³-hybridized carbons (Fsp3) is 0.333. The van der Waals surface area contributed by atoms with Gasteiger partial charge in [-0.1, -0.05) is 25.5 Å². The highest BCUT2D eigenvalue weighted by Crippen LogP contribution is 2.22. The topological polar surface area (TPSA) is 55.0 Å². The van der Waals surface area contributed by atoms with Gasteiger partial charge in [0.1, 0.15) is 11.6 Å². The van der Waals surface area contributed by atoms with Crippen molar-refractivity contribution < 1.29 is 0 Å². The van der Waals surface area contributed by atoms with E-state index in [1.807, 2.05) is 18.0 Å². The summed E-state index contributed by atoms with van der Waals surface area (Å²) in [7, 11) is 2.00. The molecule has 2 aromatic rings. The highest BCUT2D eigenvalue weighted by molar-refractivity contribution is 5.59. The summed E-state index contributed by atoms with van der Waals surface area (Å²) in [6.07, 6.45) is 4.03. The monoisotopic (exact) mass is 256 g/mol. The molecule has 0 aliphatic heterocycles. The Bertz CT molecular complexity index is 522. The molecule has 19 heavy (non-hydrogen) atoms. The molecule has 4 heteroatoms. The number of nitrogens with two attached hydrogens (primary N) is 1. The first-order valence-electron chi connectivity index (χ1n) is 6.59. The normalized spacial score (nSPS) is 10.5. The summed E-state index contributed by atoms with van der Waals surface area (Å²) < 4.78 is 0. The zero-order valence-electron chi connectivity index (χ0n) is 11.5. The van der Waals surface area contributed by atoms with Crippen LogP contribution in [0.1, 0.15) is 24.7 Å². The van der Waals surface area contributed by atoms with Gasteiger partial charge in [0, 0.05) is 18.9 Å². The second kappa shape index (κ2) is 6.29. The molecule has 0 fully saturated rings. The highest BCUT2D eigenvalue weighted by Gasteiger charge is 2.06. The zero-order chi connectivity index (χ0) is 13.7. The van der Waals surface area contributed by atoms with Crippen molar-refractivity contribution >= 4 is 11.5 Å². The van der Waals surface area contributed by atoms with Gasteiger partial charge in [0.15, 0.2) is 0 Å².